The normalized spacial score (nSPS) is 14.4. The summed E-state index contributed by atoms with van der Waals surface area (Å²) in [5, 5.41) is 26.6. The Kier molecular flexibility index (Phi) is 10.7. The number of carboxylic acids is 1. The summed E-state index contributed by atoms with van der Waals surface area (Å²) in [4.78, 5) is 56.9. The number of nitrogens with one attached hydrogen (secondary N) is 4. The molecule has 36 heavy (non-hydrogen) atoms. The summed E-state index contributed by atoms with van der Waals surface area (Å²) in [5.41, 5.74) is 6.94. The van der Waals surface area contributed by atoms with Gasteiger partial charge in [0, 0.05) is 30.5 Å². The predicted molar refractivity (Wildman–Crippen MR) is 134 cm³/mol. The molecule has 0 saturated heterocycles. The first kappa shape index (κ1) is 28.7. The van der Waals surface area contributed by atoms with Gasteiger partial charge >= 0.3 is 5.97 Å². The Morgan fingerprint density at radius 1 is 0.972 bits per heavy atom. The number of H-pyrrole nitrogens is 1. The molecule has 4 unspecified atom stereocenters. The minimum Gasteiger partial charge on any atom is -0.508 e. The number of nitrogens with zero attached hydrogens (tertiary/aromatic N) is 1. The minimum atomic E-state index is -1.30. The Balaban J connectivity index is 2.16. The molecule has 0 fully saturated rings. The maximum atomic E-state index is 13.1. The van der Waals surface area contributed by atoms with Crippen LogP contribution in [-0.2, 0) is 32.0 Å². The Morgan fingerprint density at radius 3 is 2.08 bits per heavy atom. The van der Waals surface area contributed by atoms with Gasteiger partial charge in [-0.3, -0.25) is 14.4 Å². The molecule has 0 spiro atoms. The standard InChI is InChI=1S/C23H32N6O6S/c1-12(2)19(24)22(33)29-18(10-36)21(32)27-16(8-14-9-25-11-26-14)20(31)28-17(23(34)35)7-13-3-5-15(30)6-4-13/h3-6,9,11-12,16-19,30,36H,7-8,10,24H2,1-2H3,(H,25,26)(H,27,32)(H,28,31)(H,29,33)(H,34,35). The van der Waals surface area contributed by atoms with Crippen molar-refractivity contribution in [1.82, 2.24) is 25.9 Å². The predicted octanol–water partition coefficient (Wildman–Crippen LogP) is -0.647. The molecule has 0 aliphatic rings. The van der Waals surface area contributed by atoms with E-state index in [1.165, 1.54) is 24.7 Å². The van der Waals surface area contributed by atoms with E-state index in [4.69, 9.17) is 5.73 Å². The summed E-state index contributed by atoms with van der Waals surface area (Å²) >= 11 is 4.13. The number of carboxylic acid groups (broad SMARTS) is 1. The Labute approximate surface area is 213 Å². The fourth-order valence-corrected chi connectivity index (χ4v) is 3.46. The summed E-state index contributed by atoms with van der Waals surface area (Å²) in [7, 11) is 0. The molecule has 0 aliphatic heterocycles. The van der Waals surface area contributed by atoms with Gasteiger partial charge in [-0.2, -0.15) is 12.6 Å². The van der Waals surface area contributed by atoms with Gasteiger partial charge in [0.25, 0.3) is 0 Å². The smallest absolute Gasteiger partial charge is 0.326 e. The molecule has 4 atom stereocenters. The van der Waals surface area contributed by atoms with Crippen molar-refractivity contribution in [2.45, 2.75) is 50.9 Å². The Morgan fingerprint density at radius 2 is 1.56 bits per heavy atom. The molecule has 0 aliphatic carbocycles. The maximum Gasteiger partial charge on any atom is 0.326 e. The van der Waals surface area contributed by atoms with Crippen molar-refractivity contribution in [1.29, 1.82) is 0 Å². The lowest BCUT2D eigenvalue weighted by Crippen LogP contribution is -2.58. The van der Waals surface area contributed by atoms with E-state index >= 15 is 0 Å². The lowest BCUT2D eigenvalue weighted by molar-refractivity contribution is -0.142. The van der Waals surface area contributed by atoms with Crippen LogP contribution in [-0.4, -0.2) is 73.8 Å². The van der Waals surface area contributed by atoms with Crippen LogP contribution in [0.1, 0.15) is 25.1 Å². The number of imidazole rings is 1. The molecule has 1 aromatic heterocycles. The first-order valence-electron chi connectivity index (χ1n) is 11.3. The highest BCUT2D eigenvalue weighted by atomic mass is 32.1. The number of aliphatic carboxylic acids is 1. The van der Waals surface area contributed by atoms with Gasteiger partial charge in [-0.1, -0.05) is 26.0 Å². The van der Waals surface area contributed by atoms with Gasteiger partial charge in [0.05, 0.1) is 12.4 Å². The first-order valence-corrected chi connectivity index (χ1v) is 11.9. The number of aromatic hydroxyl groups is 1. The quantitative estimate of drug-likeness (QED) is 0.159. The van der Waals surface area contributed by atoms with Gasteiger partial charge in [0.2, 0.25) is 17.7 Å². The third-order valence-corrected chi connectivity index (χ3v) is 5.80. The summed E-state index contributed by atoms with van der Waals surface area (Å²) < 4.78 is 0. The van der Waals surface area contributed by atoms with Gasteiger partial charge in [-0.15, -0.1) is 0 Å². The highest BCUT2D eigenvalue weighted by molar-refractivity contribution is 7.80. The van der Waals surface area contributed by atoms with Gasteiger partial charge in [-0.25, -0.2) is 9.78 Å². The summed E-state index contributed by atoms with van der Waals surface area (Å²) in [6.07, 6.45) is 2.81. The molecule has 0 radical (unpaired) electrons. The molecule has 3 amide bonds. The third-order valence-electron chi connectivity index (χ3n) is 5.44. The molecular weight excluding hydrogens is 488 g/mol. The minimum absolute atomic E-state index is 0.0120. The number of carbonyl (C=O) groups is 4. The van der Waals surface area contributed by atoms with Crippen molar-refractivity contribution in [2.24, 2.45) is 11.7 Å². The van der Waals surface area contributed by atoms with Crippen molar-refractivity contribution in [3.63, 3.8) is 0 Å². The molecule has 0 bridgehead atoms. The van der Waals surface area contributed by atoms with Crippen molar-refractivity contribution < 1.29 is 29.4 Å². The van der Waals surface area contributed by atoms with Gasteiger partial charge in [0.15, 0.2) is 0 Å². The number of phenols is 1. The molecule has 1 aromatic carbocycles. The average Bonchev–Trinajstić information content (AvgIpc) is 3.35. The first-order chi connectivity index (χ1) is 17.0. The molecule has 12 nitrogen and oxygen atoms in total. The van der Waals surface area contributed by atoms with Crippen LogP contribution in [0.15, 0.2) is 36.8 Å². The number of phenolic OH excluding ortho intramolecular Hbond substituents is 1. The number of aromatic amines is 1. The SMILES string of the molecule is CC(C)C(N)C(=O)NC(CS)C(=O)NC(Cc1cnc[nH]1)C(=O)NC(Cc1ccc(O)cc1)C(=O)O. The Bertz CT molecular complexity index is 1030. The fourth-order valence-electron chi connectivity index (χ4n) is 3.20. The maximum absolute atomic E-state index is 13.1. The van der Waals surface area contributed by atoms with Crippen LogP contribution in [0.2, 0.25) is 0 Å². The van der Waals surface area contributed by atoms with E-state index in [0.717, 1.165) is 0 Å². The number of hydrogen-bond donors (Lipinski definition) is 8. The largest absolute Gasteiger partial charge is 0.508 e. The molecule has 196 valence electrons. The summed E-state index contributed by atoms with van der Waals surface area (Å²) in [5.74, 6) is -3.42. The van der Waals surface area contributed by atoms with Crippen LogP contribution in [0, 0.1) is 5.92 Å². The number of hydrogen-bond acceptors (Lipinski definition) is 8. The second-order valence-electron chi connectivity index (χ2n) is 8.63. The Hall–Kier alpha value is -3.58. The highest BCUT2D eigenvalue weighted by Gasteiger charge is 2.30. The number of aromatic nitrogens is 2. The molecular formula is C23H32N6O6S. The zero-order chi connectivity index (χ0) is 26.8. The number of amides is 3. The van der Waals surface area contributed by atoms with Gasteiger partial charge in [-0.05, 0) is 23.6 Å². The number of benzene rings is 1. The van der Waals surface area contributed by atoms with Crippen LogP contribution >= 0.6 is 12.6 Å². The van der Waals surface area contributed by atoms with E-state index in [9.17, 15) is 29.4 Å². The lowest BCUT2D eigenvalue weighted by Gasteiger charge is -2.25. The fraction of sp³-hybridized carbons (Fsp3) is 0.435. The van der Waals surface area contributed by atoms with Crippen molar-refractivity contribution >= 4 is 36.3 Å². The number of rotatable bonds is 13. The molecule has 13 heteroatoms. The van der Waals surface area contributed by atoms with E-state index in [2.05, 4.69) is 38.5 Å². The number of carbonyl (C=O) groups excluding carboxylic acids is 3. The van der Waals surface area contributed by atoms with E-state index in [1.54, 1.807) is 26.0 Å². The van der Waals surface area contributed by atoms with Crippen LogP contribution in [0.5, 0.6) is 5.75 Å². The third kappa shape index (κ3) is 8.57. The number of nitrogens with two attached hydrogens (primary N) is 1. The second kappa shape index (κ2) is 13.5. The van der Waals surface area contributed by atoms with E-state index in [-0.39, 0.29) is 30.3 Å². The van der Waals surface area contributed by atoms with Crippen molar-refractivity contribution in [2.75, 3.05) is 5.75 Å². The van der Waals surface area contributed by atoms with E-state index in [0.29, 0.717) is 11.3 Å². The van der Waals surface area contributed by atoms with Crippen molar-refractivity contribution in [3.8, 4) is 5.75 Å². The van der Waals surface area contributed by atoms with E-state index in [1.807, 2.05) is 0 Å². The molecule has 2 aromatic rings. The molecule has 1 heterocycles. The van der Waals surface area contributed by atoms with Gasteiger partial charge < -0.3 is 36.9 Å². The van der Waals surface area contributed by atoms with Crippen LogP contribution < -0.4 is 21.7 Å². The zero-order valence-electron chi connectivity index (χ0n) is 20.0. The van der Waals surface area contributed by atoms with Gasteiger partial charge in [0.1, 0.15) is 23.9 Å². The van der Waals surface area contributed by atoms with E-state index < -0.39 is 47.9 Å². The monoisotopic (exact) mass is 520 g/mol. The lowest BCUT2D eigenvalue weighted by atomic mass is 10.0. The molecule has 2 rings (SSSR count). The van der Waals surface area contributed by atoms with Crippen LogP contribution in [0.4, 0.5) is 0 Å². The summed E-state index contributed by atoms with van der Waals surface area (Å²) in [6, 6.07) is 1.52. The molecule has 0 saturated carbocycles. The average molecular weight is 521 g/mol. The topological polar surface area (TPSA) is 200 Å². The summed E-state index contributed by atoms with van der Waals surface area (Å²) in [6.45, 7) is 3.53. The number of thiol groups is 1. The highest BCUT2D eigenvalue weighted by Crippen LogP contribution is 2.12. The zero-order valence-corrected chi connectivity index (χ0v) is 20.9. The second-order valence-corrected chi connectivity index (χ2v) is 8.99. The van der Waals surface area contributed by atoms with Crippen molar-refractivity contribution in [3.05, 3.63) is 48.0 Å². The van der Waals surface area contributed by atoms with Crippen LogP contribution in [0.25, 0.3) is 0 Å². The molecule has 8 N–H and O–H groups in total. The van der Waals surface area contributed by atoms with Crippen LogP contribution in [0.3, 0.4) is 0 Å².